The van der Waals surface area contributed by atoms with Crippen LogP contribution in [0.2, 0.25) is 0 Å². The summed E-state index contributed by atoms with van der Waals surface area (Å²) < 4.78 is 5.34. The van der Waals surface area contributed by atoms with E-state index in [2.05, 4.69) is 29.4 Å². The van der Waals surface area contributed by atoms with E-state index in [1.807, 2.05) is 23.1 Å². The molecular weight excluding hydrogens is 366 g/mol. The number of para-hydroxylation sites is 1. The summed E-state index contributed by atoms with van der Waals surface area (Å²) in [4.78, 5) is 32.4. The van der Waals surface area contributed by atoms with E-state index in [4.69, 9.17) is 4.42 Å². The minimum Gasteiger partial charge on any atom is -0.467 e. The summed E-state index contributed by atoms with van der Waals surface area (Å²) in [5, 5.41) is 1.28. The number of likely N-dealkylation sites (tertiary alicyclic amines) is 2. The molecule has 3 aromatic rings. The Labute approximate surface area is 169 Å². The molecule has 2 saturated heterocycles. The van der Waals surface area contributed by atoms with E-state index < -0.39 is 0 Å². The number of fused-ring (bicyclic) bond motifs is 1. The zero-order valence-electron chi connectivity index (χ0n) is 16.3. The highest BCUT2D eigenvalue weighted by Gasteiger charge is 2.38. The minimum atomic E-state index is -0.234. The van der Waals surface area contributed by atoms with Gasteiger partial charge in [0.1, 0.15) is 5.76 Å². The first-order valence-electron chi connectivity index (χ1n) is 10.3. The lowest BCUT2D eigenvalue weighted by atomic mass is 9.88. The first kappa shape index (κ1) is 18.0. The fourth-order valence-corrected chi connectivity index (χ4v) is 4.78. The largest absolute Gasteiger partial charge is 0.467 e. The number of aromatic amines is 1. The fraction of sp³-hybridized carbons (Fsp3) is 0.391. The monoisotopic (exact) mass is 391 g/mol. The highest BCUT2D eigenvalue weighted by atomic mass is 16.3. The molecule has 4 heterocycles. The lowest BCUT2D eigenvalue weighted by Crippen LogP contribution is -2.42. The highest BCUT2D eigenvalue weighted by molar-refractivity contribution is 5.89. The van der Waals surface area contributed by atoms with E-state index in [0.717, 1.165) is 31.7 Å². The van der Waals surface area contributed by atoms with Gasteiger partial charge in [-0.2, -0.15) is 0 Å². The van der Waals surface area contributed by atoms with Gasteiger partial charge in [-0.1, -0.05) is 18.2 Å². The van der Waals surface area contributed by atoms with Crippen LogP contribution in [0, 0.1) is 5.92 Å². The quantitative estimate of drug-likeness (QED) is 0.740. The topological polar surface area (TPSA) is 69.6 Å². The Morgan fingerprint density at radius 1 is 1.14 bits per heavy atom. The third-order valence-corrected chi connectivity index (χ3v) is 6.36. The smallest absolute Gasteiger partial charge is 0.227 e. The van der Waals surface area contributed by atoms with Gasteiger partial charge in [0, 0.05) is 43.2 Å². The van der Waals surface area contributed by atoms with Crippen LogP contribution in [0.3, 0.4) is 0 Å². The number of H-pyrrole nitrogens is 1. The van der Waals surface area contributed by atoms with E-state index in [9.17, 15) is 9.59 Å². The second kappa shape index (κ2) is 7.43. The Hall–Kier alpha value is -3.02. The lowest BCUT2D eigenvalue weighted by molar-refractivity contribution is -0.136. The molecule has 1 atom stereocenters. The van der Waals surface area contributed by atoms with Gasteiger partial charge >= 0.3 is 0 Å². The number of rotatable bonds is 4. The van der Waals surface area contributed by atoms with E-state index >= 15 is 0 Å². The number of aromatic nitrogens is 1. The molecule has 0 aliphatic carbocycles. The number of hydrogen-bond donors (Lipinski definition) is 1. The van der Waals surface area contributed by atoms with Crippen molar-refractivity contribution in [3.63, 3.8) is 0 Å². The van der Waals surface area contributed by atoms with Crippen LogP contribution in [-0.4, -0.2) is 46.2 Å². The first-order chi connectivity index (χ1) is 14.2. The van der Waals surface area contributed by atoms with Gasteiger partial charge in [0.05, 0.1) is 18.7 Å². The second-order valence-electron chi connectivity index (χ2n) is 8.14. The zero-order chi connectivity index (χ0) is 19.8. The Kier molecular flexibility index (Phi) is 4.62. The molecule has 0 spiro atoms. The minimum absolute atomic E-state index is 0.0356. The maximum atomic E-state index is 13.0. The molecule has 2 aromatic heterocycles. The third-order valence-electron chi connectivity index (χ3n) is 6.36. The normalized spacial score (nSPS) is 20.7. The molecule has 29 heavy (non-hydrogen) atoms. The molecule has 0 bridgehead atoms. The third kappa shape index (κ3) is 3.43. The number of nitrogens with one attached hydrogen (secondary N) is 1. The summed E-state index contributed by atoms with van der Waals surface area (Å²) in [5.74, 6) is 1.15. The summed E-state index contributed by atoms with van der Waals surface area (Å²) in [7, 11) is 0. The van der Waals surface area contributed by atoms with Gasteiger partial charge in [-0.15, -0.1) is 0 Å². The van der Waals surface area contributed by atoms with Crippen LogP contribution in [0.1, 0.15) is 36.5 Å². The predicted molar refractivity (Wildman–Crippen MR) is 109 cm³/mol. The summed E-state index contributed by atoms with van der Waals surface area (Å²) in [6.45, 7) is 2.44. The standard InChI is InChI=1S/C23H25N3O3/c27-22-12-17(14-26(22)15-18-4-3-11-29-18)23(28)25-9-7-16(8-10-25)20-13-24-21-6-2-1-5-19(20)21/h1-6,11,13,16-17,24H,7-10,12,14-15H2. The summed E-state index contributed by atoms with van der Waals surface area (Å²) >= 11 is 0. The van der Waals surface area contributed by atoms with Crippen LogP contribution in [0.4, 0.5) is 0 Å². The van der Waals surface area contributed by atoms with Gasteiger partial charge < -0.3 is 19.2 Å². The van der Waals surface area contributed by atoms with E-state index in [0.29, 0.717) is 25.4 Å². The van der Waals surface area contributed by atoms with Crippen LogP contribution in [-0.2, 0) is 16.1 Å². The molecule has 2 aliphatic rings. The Balaban J connectivity index is 1.20. The number of carbonyl (C=O) groups is 2. The molecule has 6 nitrogen and oxygen atoms in total. The molecule has 1 N–H and O–H groups in total. The van der Waals surface area contributed by atoms with Crippen LogP contribution in [0.25, 0.3) is 10.9 Å². The van der Waals surface area contributed by atoms with Gasteiger partial charge in [0.25, 0.3) is 0 Å². The van der Waals surface area contributed by atoms with Crippen molar-refractivity contribution < 1.29 is 14.0 Å². The summed E-state index contributed by atoms with van der Waals surface area (Å²) in [6.07, 6.45) is 5.96. The molecule has 150 valence electrons. The van der Waals surface area contributed by atoms with E-state index in [1.165, 1.54) is 16.5 Å². The molecule has 5 rings (SSSR count). The number of piperidine rings is 1. The molecule has 2 fully saturated rings. The van der Waals surface area contributed by atoms with Gasteiger partial charge in [0.15, 0.2) is 0 Å². The molecule has 1 aromatic carbocycles. The first-order valence-corrected chi connectivity index (χ1v) is 10.3. The van der Waals surface area contributed by atoms with Gasteiger partial charge in [-0.3, -0.25) is 9.59 Å². The van der Waals surface area contributed by atoms with Gasteiger partial charge in [-0.25, -0.2) is 0 Å². The lowest BCUT2D eigenvalue weighted by Gasteiger charge is -2.33. The fourth-order valence-electron chi connectivity index (χ4n) is 4.78. The highest BCUT2D eigenvalue weighted by Crippen LogP contribution is 2.34. The van der Waals surface area contributed by atoms with Crippen molar-refractivity contribution in [2.45, 2.75) is 31.7 Å². The number of benzene rings is 1. The maximum absolute atomic E-state index is 13.0. The van der Waals surface area contributed by atoms with E-state index in [1.54, 1.807) is 11.2 Å². The van der Waals surface area contributed by atoms with Crippen molar-refractivity contribution in [1.29, 1.82) is 0 Å². The van der Waals surface area contributed by atoms with Crippen molar-refractivity contribution in [1.82, 2.24) is 14.8 Å². The number of furan rings is 1. The summed E-state index contributed by atoms with van der Waals surface area (Å²) in [6, 6.07) is 12.1. The van der Waals surface area contributed by atoms with Crippen LogP contribution in [0.15, 0.2) is 53.3 Å². The molecule has 2 aliphatic heterocycles. The zero-order valence-corrected chi connectivity index (χ0v) is 16.3. The van der Waals surface area contributed by atoms with Crippen molar-refractivity contribution in [3.8, 4) is 0 Å². The molecule has 2 amide bonds. The number of carbonyl (C=O) groups excluding carboxylic acids is 2. The Morgan fingerprint density at radius 2 is 1.97 bits per heavy atom. The van der Waals surface area contributed by atoms with E-state index in [-0.39, 0.29) is 17.7 Å². The Bertz CT molecular complexity index is 1020. The van der Waals surface area contributed by atoms with Crippen molar-refractivity contribution >= 4 is 22.7 Å². The van der Waals surface area contributed by atoms with Gasteiger partial charge in [-0.05, 0) is 42.5 Å². The van der Waals surface area contributed by atoms with Gasteiger partial charge in [0.2, 0.25) is 11.8 Å². The van der Waals surface area contributed by atoms with Crippen LogP contribution < -0.4 is 0 Å². The number of hydrogen-bond acceptors (Lipinski definition) is 3. The molecular formula is C23H25N3O3. The maximum Gasteiger partial charge on any atom is 0.227 e. The molecule has 6 heteroatoms. The number of amides is 2. The van der Waals surface area contributed by atoms with Crippen LogP contribution in [0.5, 0.6) is 0 Å². The van der Waals surface area contributed by atoms with Crippen molar-refractivity contribution in [3.05, 3.63) is 60.2 Å². The molecule has 0 radical (unpaired) electrons. The van der Waals surface area contributed by atoms with Crippen LogP contribution >= 0.6 is 0 Å². The molecule has 0 saturated carbocycles. The molecule has 1 unspecified atom stereocenters. The average molecular weight is 391 g/mol. The predicted octanol–water partition coefficient (Wildman–Crippen LogP) is 3.52. The van der Waals surface area contributed by atoms with Crippen molar-refractivity contribution in [2.24, 2.45) is 5.92 Å². The summed E-state index contributed by atoms with van der Waals surface area (Å²) in [5.41, 5.74) is 2.52. The Morgan fingerprint density at radius 3 is 2.76 bits per heavy atom. The average Bonchev–Trinajstić information content (AvgIpc) is 3.49. The SMILES string of the molecule is O=C1CC(C(=O)N2CCC(c3c[nH]c4ccccc34)CC2)CN1Cc1ccco1. The van der Waals surface area contributed by atoms with Crippen molar-refractivity contribution in [2.75, 3.05) is 19.6 Å². The number of nitrogens with zero attached hydrogens (tertiary/aromatic N) is 2. The second-order valence-corrected chi connectivity index (χ2v) is 8.14.